The molecule has 2 rings (SSSR count). The van der Waals surface area contributed by atoms with Gasteiger partial charge in [-0.05, 0) is 19.3 Å². The van der Waals surface area contributed by atoms with Crippen LogP contribution in [-0.2, 0) is 4.79 Å². The Labute approximate surface area is 100 Å². The van der Waals surface area contributed by atoms with Crippen LogP contribution in [0.1, 0.15) is 32.1 Å². The molecule has 2 saturated carbocycles. The van der Waals surface area contributed by atoms with E-state index in [9.17, 15) is 15.0 Å². The summed E-state index contributed by atoms with van der Waals surface area (Å²) in [6.07, 6.45) is 1.86. The maximum Gasteiger partial charge on any atom is 0.252 e. The number of nitrogens with two attached hydrogens (primary N) is 2. The van der Waals surface area contributed by atoms with Crippen molar-refractivity contribution in [1.29, 1.82) is 0 Å². The molecule has 6 nitrogen and oxygen atoms in total. The Morgan fingerprint density at radius 3 is 2.35 bits per heavy atom. The van der Waals surface area contributed by atoms with Gasteiger partial charge in [0.15, 0.2) is 0 Å². The molecule has 6 heteroatoms. The van der Waals surface area contributed by atoms with E-state index < -0.39 is 11.7 Å². The second-order valence-corrected chi connectivity index (χ2v) is 5.49. The molecular formula is C11H21N3O3. The van der Waals surface area contributed by atoms with Crippen LogP contribution in [0.3, 0.4) is 0 Å². The van der Waals surface area contributed by atoms with E-state index in [-0.39, 0.29) is 24.0 Å². The van der Waals surface area contributed by atoms with E-state index in [2.05, 4.69) is 5.32 Å². The van der Waals surface area contributed by atoms with E-state index in [4.69, 9.17) is 11.5 Å². The fourth-order valence-electron chi connectivity index (χ4n) is 2.76. The van der Waals surface area contributed by atoms with Gasteiger partial charge < -0.3 is 27.0 Å². The van der Waals surface area contributed by atoms with Crippen LogP contribution in [0.2, 0.25) is 0 Å². The standard InChI is InChI=1S/C11H21N3O3/c12-6-1-8(3-9(15)2-6)14-10(16)11(17)4-7(13)5-11/h6-9,15,17H,1-5,12-13H2,(H,14,16). The molecule has 0 bridgehead atoms. The van der Waals surface area contributed by atoms with E-state index in [1.165, 1.54) is 0 Å². The average molecular weight is 243 g/mol. The Kier molecular flexibility index (Phi) is 3.40. The van der Waals surface area contributed by atoms with Crippen molar-refractivity contribution in [1.82, 2.24) is 5.32 Å². The number of nitrogens with one attached hydrogen (secondary N) is 1. The fourth-order valence-corrected chi connectivity index (χ4v) is 2.76. The summed E-state index contributed by atoms with van der Waals surface area (Å²) in [7, 11) is 0. The molecule has 2 aliphatic carbocycles. The first kappa shape index (κ1) is 12.8. The number of hydrogen-bond donors (Lipinski definition) is 5. The summed E-state index contributed by atoms with van der Waals surface area (Å²) in [6, 6.07) is -0.339. The molecule has 1 amide bonds. The first-order chi connectivity index (χ1) is 7.89. The van der Waals surface area contributed by atoms with Gasteiger partial charge in [-0.25, -0.2) is 0 Å². The molecule has 0 aromatic carbocycles. The topological polar surface area (TPSA) is 122 Å². The lowest BCUT2D eigenvalue weighted by Crippen LogP contribution is -2.62. The van der Waals surface area contributed by atoms with Crippen LogP contribution in [0.4, 0.5) is 0 Å². The highest BCUT2D eigenvalue weighted by Crippen LogP contribution is 2.31. The third-order valence-corrected chi connectivity index (χ3v) is 3.68. The van der Waals surface area contributed by atoms with E-state index in [1.807, 2.05) is 0 Å². The molecule has 0 spiro atoms. The SMILES string of the molecule is NC1CC(O)CC(NC(=O)C2(O)CC(N)C2)C1. The van der Waals surface area contributed by atoms with E-state index in [1.54, 1.807) is 0 Å². The molecule has 7 N–H and O–H groups in total. The van der Waals surface area contributed by atoms with Crippen LogP contribution >= 0.6 is 0 Å². The summed E-state index contributed by atoms with van der Waals surface area (Å²) in [6.45, 7) is 0. The monoisotopic (exact) mass is 243 g/mol. The molecule has 0 saturated heterocycles. The second kappa shape index (κ2) is 4.53. The Bertz CT molecular complexity index is 294. The van der Waals surface area contributed by atoms with Crippen molar-refractivity contribution in [3.63, 3.8) is 0 Å². The molecule has 3 atom stereocenters. The van der Waals surface area contributed by atoms with Crippen molar-refractivity contribution in [2.75, 3.05) is 0 Å². The molecule has 2 fully saturated rings. The maximum absolute atomic E-state index is 11.8. The van der Waals surface area contributed by atoms with E-state index in [0.717, 1.165) is 0 Å². The smallest absolute Gasteiger partial charge is 0.252 e. The molecule has 0 aromatic rings. The van der Waals surface area contributed by atoms with Gasteiger partial charge in [0.1, 0.15) is 5.60 Å². The zero-order valence-electron chi connectivity index (χ0n) is 9.80. The molecule has 0 heterocycles. The molecular weight excluding hydrogens is 222 g/mol. The highest BCUT2D eigenvalue weighted by Gasteiger charge is 2.47. The lowest BCUT2D eigenvalue weighted by atomic mass is 9.75. The van der Waals surface area contributed by atoms with Gasteiger partial charge in [0.2, 0.25) is 0 Å². The number of carbonyl (C=O) groups excluding carboxylic acids is 1. The van der Waals surface area contributed by atoms with Gasteiger partial charge in [-0.3, -0.25) is 4.79 Å². The van der Waals surface area contributed by atoms with Crippen molar-refractivity contribution in [2.24, 2.45) is 11.5 Å². The van der Waals surface area contributed by atoms with Crippen LogP contribution in [0, 0.1) is 0 Å². The van der Waals surface area contributed by atoms with Crippen LogP contribution < -0.4 is 16.8 Å². The van der Waals surface area contributed by atoms with Gasteiger partial charge in [-0.15, -0.1) is 0 Å². The van der Waals surface area contributed by atoms with Crippen molar-refractivity contribution in [2.45, 2.75) is 61.9 Å². The van der Waals surface area contributed by atoms with Gasteiger partial charge >= 0.3 is 0 Å². The number of aliphatic hydroxyl groups excluding tert-OH is 1. The van der Waals surface area contributed by atoms with Crippen molar-refractivity contribution in [3.05, 3.63) is 0 Å². The Morgan fingerprint density at radius 2 is 1.82 bits per heavy atom. The van der Waals surface area contributed by atoms with Crippen LogP contribution in [0.5, 0.6) is 0 Å². The summed E-state index contributed by atoms with van der Waals surface area (Å²) >= 11 is 0. The number of amides is 1. The summed E-state index contributed by atoms with van der Waals surface area (Å²) in [5, 5.41) is 22.2. The fraction of sp³-hybridized carbons (Fsp3) is 0.909. The summed E-state index contributed by atoms with van der Waals surface area (Å²) < 4.78 is 0. The second-order valence-electron chi connectivity index (χ2n) is 5.49. The zero-order chi connectivity index (χ0) is 12.6. The minimum Gasteiger partial charge on any atom is -0.393 e. The quantitative estimate of drug-likeness (QED) is 0.391. The van der Waals surface area contributed by atoms with Crippen LogP contribution in [0.25, 0.3) is 0 Å². The lowest BCUT2D eigenvalue weighted by molar-refractivity contribution is -0.151. The van der Waals surface area contributed by atoms with Crippen molar-refractivity contribution in [3.8, 4) is 0 Å². The predicted octanol–water partition coefficient (Wildman–Crippen LogP) is -1.80. The predicted molar refractivity (Wildman–Crippen MR) is 61.9 cm³/mol. The maximum atomic E-state index is 11.8. The number of hydrogen-bond acceptors (Lipinski definition) is 5. The van der Waals surface area contributed by atoms with Crippen LogP contribution in [0.15, 0.2) is 0 Å². The van der Waals surface area contributed by atoms with Gasteiger partial charge in [0.25, 0.3) is 5.91 Å². The number of rotatable bonds is 2. The molecule has 0 aliphatic heterocycles. The highest BCUT2D eigenvalue weighted by atomic mass is 16.3. The van der Waals surface area contributed by atoms with Gasteiger partial charge in [0.05, 0.1) is 6.10 Å². The van der Waals surface area contributed by atoms with Gasteiger partial charge in [-0.2, -0.15) is 0 Å². The minimum absolute atomic E-state index is 0.0926. The summed E-state index contributed by atoms with van der Waals surface area (Å²) in [5.41, 5.74) is 10.0. The van der Waals surface area contributed by atoms with Crippen LogP contribution in [-0.4, -0.2) is 46.0 Å². The molecule has 0 aromatic heterocycles. The zero-order valence-corrected chi connectivity index (χ0v) is 9.80. The minimum atomic E-state index is -1.31. The van der Waals surface area contributed by atoms with E-state index in [0.29, 0.717) is 32.1 Å². The summed E-state index contributed by atoms with van der Waals surface area (Å²) in [4.78, 5) is 11.8. The number of aliphatic hydroxyl groups is 2. The van der Waals surface area contributed by atoms with Crippen molar-refractivity contribution < 1.29 is 15.0 Å². The van der Waals surface area contributed by atoms with Crippen molar-refractivity contribution >= 4 is 5.91 Å². The first-order valence-electron chi connectivity index (χ1n) is 6.11. The third kappa shape index (κ3) is 2.77. The molecule has 98 valence electrons. The summed E-state index contributed by atoms with van der Waals surface area (Å²) in [5.74, 6) is -0.384. The normalized spacial score (nSPS) is 46.1. The Balaban J connectivity index is 1.86. The molecule has 2 aliphatic rings. The third-order valence-electron chi connectivity index (χ3n) is 3.68. The Hall–Kier alpha value is -0.690. The number of carbonyl (C=O) groups is 1. The molecule has 3 unspecified atom stereocenters. The lowest BCUT2D eigenvalue weighted by Gasteiger charge is -2.41. The first-order valence-corrected chi connectivity index (χ1v) is 6.11. The van der Waals surface area contributed by atoms with Gasteiger partial charge in [-0.1, -0.05) is 0 Å². The molecule has 17 heavy (non-hydrogen) atoms. The van der Waals surface area contributed by atoms with Gasteiger partial charge in [0, 0.05) is 31.0 Å². The Morgan fingerprint density at radius 1 is 1.18 bits per heavy atom. The van der Waals surface area contributed by atoms with E-state index >= 15 is 0 Å². The molecule has 0 radical (unpaired) electrons. The highest BCUT2D eigenvalue weighted by molar-refractivity contribution is 5.86. The largest absolute Gasteiger partial charge is 0.393 e. The average Bonchev–Trinajstić information content (AvgIpc) is 2.13.